The number of rotatable bonds is 3. The summed E-state index contributed by atoms with van der Waals surface area (Å²) in [5.41, 5.74) is -1.22. The average molecular weight is 354 g/mol. The van der Waals surface area contributed by atoms with Crippen LogP contribution in [-0.4, -0.2) is 18.9 Å². The fourth-order valence-electron chi connectivity index (χ4n) is 1.61. The third kappa shape index (κ3) is 3.50. The highest BCUT2D eigenvalue weighted by Crippen LogP contribution is 2.36. The summed E-state index contributed by atoms with van der Waals surface area (Å²) in [5.74, 6) is -3.31. The fourth-order valence-corrected chi connectivity index (χ4v) is 2.08. The zero-order chi connectivity index (χ0) is 17.4. The third-order valence-electron chi connectivity index (χ3n) is 2.59. The third-order valence-corrected chi connectivity index (χ3v) is 3.56. The van der Waals surface area contributed by atoms with Crippen molar-refractivity contribution in [1.29, 1.82) is 0 Å². The van der Waals surface area contributed by atoms with Crippen LogP contribution in [0.15, 0.2) is 30.5 Å². The summed E-state index contributed by atoms with van der Waals surface area (Å²) < 4.78 is 90.2. The molecule has 0 fully saturated rings. The molecule has 0 aliphatic carbocycles. The molecule has 2 N–H and O–H groups in total. The first-order valence-corrected chi connectivity index (χ1v) is 7.14. The van der Waals surface area contributed by atoms with Crippen molar-refractivity contribution in [3.05, 3.63) is 42.1 Å². The lowest BCUT2D eigenvalue weighted by Gasteiger charge is -2.13. The van der Waals surface area contributed by atoms with Crippen LogP contribution in [0.3, 0.4) is 0 Å². The van der Waals surface area contributed by atoms with Crippen LogP contribution in [-0.2, 0) is 10.1 Å². The van der Waals surface area contributed by atoms with Crippen LogP contribution in [0.5, 0.6) is 5.75 Å². The van der Waals surface area contributed by atoms with E-state index in [-0.39, 0.29) is 5.82 Å². The van der Waals surface area contributed by atoms with E-state index in [4.69, 9.17) is 5.73 Å². The monoisotopic (exact) mass is 354 g/mol. The highest BCUT2D eigenvalue weighted by molar-refractivity contribution is 7.88. The molecule has 23 heavy (non-hydrogen) atoms. The predicted octanol–water partition coefficient (Wildman–Crippen LogP) is 2.84. The van der Waals surface area contributed by atoms with Crippen molar-refractivity contribution in [3.8, 4) is 16.9 Å². The Morgan fingerprint density at radius 1 is 1.09 bits per heavy atom. The SMILES string of the molecule is Nc1cc(-c2ccc(F)cc2OS(=O)(=O)C(F)(F)F)c(F)cn1. The van der Waals surface area contributed by atoms with Crippen molar-refractivity contribution in [2.45, 2.75) is 5.51 Å². The molecule has 0 atom stereocenters. The van der Waals surface area contributed by atoms with Crippen LogP contribution in [0, 0.1) is 11.6 Å². The molecule has 0 amide bonds. The zero-order valence-electron chi connectivity index (χ0n) is 10.9. The van der Waals surface area contributed by atoms with Gasteiger partial charge < -0.3 is 9.92 Å². The molecule has 5 nitrogen and oxygen atoms in total. The van der Waals surface area contributed by atoms with Crippen LogP contribution >= 0.6 is 0 Å². The Balaban J connectivity index is 2.62. The summed E-state index contributed by atoms with van der Waals surface area (Å²) in [5, 5.41) is 0. The molecule has 1 aromatic heterocycles. The molecule has 0 saturated carbocycles. The lowest BCUT2D eigenvalue weighted by atomic mass is 10.1. The largest absolute Gasteiger partial charge is 0.534 e. The molecule has 0 unspecified atom stereocenters. The molecule has 124 valence electrons. The Bertz CT molecular complexity index is 852. The second-order valence-electron chi connectivity index (χ2n) is 4.21. The molecule has 2 aromatic rings. The Hall–Kier alpha value is -2.43. The van der Waals surface area contributed by atoms with E-state index in [2.05, 4.69) is 9.17 Å². The molecule has 0 radical (unpaired) electrons. The van der Waals surface area contributed by atoms with Gasteiger partial charge in [-0.1, -0.05) is 0 Å². The van der Waals surface area contributed by atoms with Crippen molar-refractivity contribution in [3.63, 3.8) is 0 Å². The second kappa shape index (κ2) is 5.65. The van der Waals surface area contributed by atoms with E-state index < -0.39 is 44.1 Å². The van der Waals surface area contributed by atoms with Crippen molar-refractivity contribution in [2.24, 2.45) is 0 Å². The molecule has 0 aliphatic heterocycles. The molecule has 0 aliphatic rings. The van der Waals surface area contributed by atoms with Crippen molar-refractivity contribution >= 4 is 15.9 Å². The number of alkyl halides is 3. The Labute approximate surface area is 126 Å². The van der Waals surface area contributed by atoms with Gasteiger partial charge in [0.15, 0.2) is 5.75 Å². The number of pyridine rings is 1. The van der Waals surface area contributed by atoms with E-state index in [1.54, 1.807) is 0 Å². The van der Waals surface area contributed by atoms with Gasteiger partial charge in [0, 0.05) is 17.2 Å². The van der Waals surface area contributed by atoms with Crippen LogP contribution in [0.25, 0.3) is 11.1 Å². The first-order chi connectivity index (χ1) is 10.5. The number of halogens is 5. The smallest absolute Gasteiger partial charge is 0.384 e. The quantitative estimate of drug-likeness (QED) is 0.521. The second-order valence-corrected chi connectivity index (χ2v) is 5.75. The van der Waals surface area contributed by atoms with Gasteiger partial charge >= 0.3 is 15.6 Å². The minimum atomic E-state index is -6.06. The van der Waals surface area contributed by atoms with E-state index in [0.717, 1.165) is 18.2 Å². The van der Waals surface area contributed by atoms with Crippen molar-refractivity contribution in [1.82, 2.24) is 4.98 Å². The molecule has 11 heteroatoms. The maximum absolute atomic E-state index is 13.8. The summed E-state index contributed by atoms with van der Waals surface area (Å²) in [6.07, 6.45) is 0.677. The molecule has 0 saturated heterocycles. The van der Waals surface area contributed by atoms with E-state index >= 15 is 0 Å². The van der Waals surface area contributed by atoms with E-state index in [0.29, 0.717) is 12.3 Å². The highest BCUT2D eigenvalue weighted by Gasteiger charge is 2.48. The minimum Gasteiger partial charge on any atom is -0.384 e. The average Bonchev–Trinajstić information content (AvgIpc) is 2.40. The van der Waals surface area contributed by atoms with Gasteiger partial charge in [0.2, 0.25) is 0 Å². The van der Waals surface area contributed by atoms with Gasteiger partial charge in [-0.05, 0) is 18.2 Å². The van der Waals surface area contributed by atoms with Crippen LogP contribution < -0.4 is 9.92 Å². The van der Waals surface area contributed by atoms with E-state index in [1.807, 2.05) is 0 Å². The summed E-state index contributed by atoms with van der Waals surface area (Å²) in [7, 11) is -6.06. The van der Waals surface area contributed by atoms with Crippen LogP contribution in [0.2, 0.25) is 0 Å². The van der Waals surface area contributed by atoms with E-state index in [1.165, 1.54) is 0 Å². The van der Waals surface area contributed by atoms with Crippen LogP contribution in [0.1, 0.15) is 0 Å². The normalized spacial score (nSPS) is 12.2. The van der Waals surface area contributed by atoms with Crippen molar-refractivity contribution < 1.29 is 34.6 Å². The van der Waals surface area contributed by atoms with Gasteiger partial charge in [-0.25, -0.2) is 13.8 Å². The summed E-state index contributed by atoms with van der Waals surface area (Å²) in [4.78, 5) is 3.42. The molecule has 1 aromatic carbocycles. The molecule has 1 heterocycles. The number of aromatic nitrogens is 1. The number of nitrogens with two attached hydrogens (primary N) is 1. The lowest BCUT2D eigenvalue weighted by Crippen LogP contribution is -2.28. The molecule has 0 bridgehead atoms. The van der Waals surface area contributed by atoms with Gasteiger partial charge in [-0.2, -0.15) is 21.6 Å². The number of hydrogen-bond acceptors (Lipinski definition) is 5. The Morgan fingerprint density at radius 3 is 2.35 bits per heavy atom. The van der Waals surface area contributed by atoms with Crippen molar-refractivity contribution in [2.75, 3.05) is 5.73 Å². The molecular weight excluding hydrogens is 347 g/mol. The number of nitrogen functional groups attached to an aromatic ring is 1. The molecular formula is C12H7F5N2O3S. The maximum Gasteiger partial charge on any atom is 0.534 e. The summed E-state index contributed by atoms with van der Waals surface area (Å²) >= 11 is 0. The number of anilines is 1. The molecule has 0 spiro atoms. The lowest BCUT2D eigenvalue weighted by molar-refractivity contribution is -0.0499. The minimum absolute atomic E-state index is 0.185. The first kappa shape index (κ1) is 16.9. The van der Waals surface area contributed by atoms with Gasteiger partial charge in [-0.15, -0.1) is 0 Å². The summed E-state index contributed by atoms with van der Waals surface area (Å²) in [6, 6.07) is 2.97. The first-order valence-electron chi connectivity index (χ1n) is 5.73. The standard InChI is InChI=1S/C12H7F5N2O3S/c13-6-1-2-7(8-4-11(18)19-5-9(8)14)10(3-6)22-23(20,21)12(15,16)17/h1-5H,(H2,18,19). The van der Waals surface area contributed by atoms with Gasteiger partial charge in [0.1, 0.15) is 17.5 Å². The highest BCUT2D eigenvalue weighted by atomic mass is 32.2. The number of nitrogens with zero attached hydrogens (tertiary/aromatic N) is 1. The van der Waals surface area contributed by atoms with Crippen LogP contribution in [0.4, 0.5) is 27.8 Å². The fraction of sp³-hybridized carbons (Fsp3) is 0.0833. The Kier molecular flexibility index (Phi) is 4.16. The zero-order valence-corrected chi connectivity index (χ0v) is 11.8. The van der Waals surface area contributed by atoms with E-state index in [9.17, 15) is 30.4 Å². The maximum atomic E-state index is 13.8. The van der Waals surface area contributed by atoms with Gasteiger partial charge in [0.25, 0.3) is 0 Å². The topological polar surface area (TPSA) is 82.3 Å². The number of hydrogen-bond donors (Lipinski definition) is 1. The Morgan fingerprint density at radius 2 is 1.74 bits per heavy atom. The summed E-state index contributed by atoms with van der Waals surface area (Å²) in [6.45, 7) is 0. The number of benzene rings is 1. The van der Waals surface area contributed by atoms with Gasteiger partial charge in [-0.3, -0.25) is 0 Å². The molecule has 2 rings (SSSR count). The predicted molar refractivity (Wildman–Crippen MR) is 69.6 cm³/mol. The van der Waals surface area contributed by atoms with Gasteiger partial charge in [0.05, 0.1) is 6.20 Å².